The highest BCUT2D eigenvalue weighted by atomic mass is 16.2. The summed E-state index contributed by atoms with van der Waals surface area (Å²) >= 11 is 0. The number of rotatable bonds is 3. The maximum absolute atomic E-state index is 12.6. The highest BCUT2D eigenvalue weighted by molar-refractivity contribution is 5.88. The molecule has 1 aliphatic heterocycles. The molecule has 1 fully saturated rings. The SMILES string of the molecule is CCNC(=O)N1CCCN(C(=O)C=CC2=C(C)CCCC2(C)C)CC1. The Morgan fingerprint density at radius 1 is 1.12 bits per heavy atom. The van der Waals surface area contributed by atoms with Gasteiger partial charge >= 0.3 is 6.03 Å². The molecule has 0 saturated carbocycles. The Balaban J connectivity index is 1.98. The molecule has 1 N–H and O–H groups in total. The van der Waals surface area contributed by atoms with Crippen molar-refractivity contribution in [3.05, 3.63) is 23.3 Å². The van der Waals surface area contributed by atoms with Crippen molar-refractivity contribution in [2.45, 2.75) is 53.4 Å². The Hall–Kier alpha value is -1.78. The van der Waals surface area contributed by atoms with Gasteiger partial charge in [-0.25, -0.2) is 4.79 Å². The number of nitrogens with one attached hydrogen (secondary N) is 1. The average Bonchev–Trinajstić information content (AvgIpc) is 2.80. The number of hydrogen-bond acceptors (Lipinski definition) is 2. The number of allylic oxidation sites excluding steroid dienone is 3. The minimum Gasteiger partial charge on any atom is -0.338 e. The van der Waals surface area contributed by atoms with E-state index in [2.05, 4.69) is 26.1 Å². The summed E-state index contributed by atoms with van der Waals surface area (Å²) in [7, 11) is 0. The predicted molar refractivity (Wildman–Crippen MR) is 101 cm³/mol. The number of carbonyl (C=O) groups excluding carboxylic acids is 2. The standard InChI is InChI=1S/C20H33N3O2/c1-5-21-19(25)23-13-7-12-22(14-15-23)18(24)10-9-17-16(2)8-6-11-20(17,3)4/h9-10H,5-8,11-15H2,1-4H3,(H,21,25). The molecule has 25 heavy (non-hydrogen) atoms. The third kappa shape index (κ3) is 5.10. The maximum atomic E-state index is 12.6. The Bertz CT molecular complexity index is 563. The van der Waals surface area contributed by atoms with Crippen LogP contribution in [0.5, 0.6) is 0 Å². The fraction of sp³-hybridized carbons (Fsp3) is 0.700. The van der Waals surface area contributed by atoms with Gasteiger partial charge < -0.3 is 15.1 Å². The molecular formula is C20H33N3O2. The summed E-state index contributed by atoms with van der Waals surface area (Å²) in [6.07, 6.45) is 8.11. The second-order valence-electron chi connectivity index (χ2n) is 7.77. The predicted octanol–water partition coefficient (Wildman–Crippen LogP) is 3.33. The highest BCUT2D eigenvalue weighted by Crippen LogP contribution is 2.40. The van der Waals surface area contributed by atoms with E-state index in [1.807, 2.05) is 17.9 Å². The first-order valence-electron chi connectivity index (χ1n) is 9.55. The largest absolute Gasteiger partial charge is 0.338 e. The Morgan fingerprint density at radius 3 is 2.48 bits per heavy atom. The number of hydrogen-bond donors (Lipinski definition) is 1. The molecule has 0 bridgehead atoms. The minimum atomic E-state index is -0.0305. The van der Waals surface area contributed by atoms with Gasteiger partial charge in [0.15, 0.2) is 0 Å². The lowest BCUT2D eigenvalue weighted by Crippen LogP contribution is -2.42. The van der Waals surface area contributed by atoms with E-state index in [1.54, 1.807) is 11.0 Å². The van der Waals surface area contributed by atoms with E-state index in [4.69, 9.17) is 0 Å². The van der Waals surface area contributed by atoms with Crippen molar-refractivity contribution in [1.29, 1.82) is 0 Å². The van der Waals surface area contributed by atoms with Crippen LogP contribution in [0.2, 0.25) is 0 Å². The molecule has 0 atom stereocenters. The monoisotopic (exact) mass is 347 g/mol. The van der Waals surface area contributed by atoms with E-state index >= 15 is 0 Å². The molecule has 2 rings (SSSR count). The molecule has 0 unspecified atom stereocenters. The van der Waals surface area contributed by atoms with Gasteiger partial charge in [0, 0.05) is 38.8 Å². The molecule has 0 aromatic carbocycles. The van der Waals surface area contributed by atoms with Crippen LogP contribution in [0.4, 0.5) is 4.79 Å². The molecule has 1 saturated heterocycles. The molecular weight excluding hydrogens is 314 g/mol. The summed E-state index contributed by atoms with van der Waals surface area (Å²) in [6.45, 7) is 11.9. The fourth-order valence-corrected chi connectivity index (χ4v) is 3.87. The Kier molecular flexibility index (Phi) is 6.68. The van der Waals surface area contributed by atoms with Crippen molar-refractivity contribution in [2.24, 2.45) is 5.41 Å². The molecule has 5 nitrogen and oxygen atoms in total. The maximum Gasteiger partial charge on any atom is 0.317 e. The van der Waals surface area contributed by atoms with Gasteiger partial charge in [-0.2, -0.15) is 0 Å². The minimum absolute atomic E-state index is 0.0305. The van der Waals surface area contributed by atoms with Crippen molar-refractivity contribution < 1.29 is 9.59 Å². The van der Waals surface area contributed by atoms with Crippen LogP contribution in [-0.2, 0) is 4.79 Å². The smallest absolute Gasteiger partial charge is 0.317 e. The highest BCUT2D eigenvalue weighted by Gasteiger charge is 2.27. The first-order chi connectivity index (χ1) is 11.8. The normalized spacial score (nSPS) is 21.4. The van der Waals surface area contributed by atoms with E-state index in [1.165, 1.54) is 24.0 Å². The van der Waals surface area contributed by atoms with Crippen LogP contribution in [0.15, 0.2) is 23.3 Å². The average molecular weight is 348 g/mol. The van der Waals surface area contributed by atoms with Crippen molar-refractivity contribution in [2.75, 3.05) is 32.7 Å². The molecule has 0 spiro atoms. The van der Waals surface area contributed by atoms with Crippen LogP contribution in [0.3, 0.4) is 0 Å². The summed E-state index contributed by atoms with van der Waals surface area (Å²) in [5, 5.41) is 2.83. The van der Waals surface area contributed by atoms with Crippen molar-refractivity contribution in [3.8, 4) is 0 Å². The Morgan fingerprint density at radius 2 is 1.80 bits per heavy atom. The lowest BCUT2D eigenvalue weighted by molar-refractivity contribution is -0.125. The summed E-state index contributed by atoms with van der Waals surface area (Å²) in [5.74, 6) is 0.0550. The molecule has 1 heterocycles. The number of urea groups is 1. The number of carbonyl (C=O) groups is 2. The Labute approximate surface area is 152 Å². The molecule has 0 radical (unpaired) electrons. The first-order valence-corrected chi connectivity index (χ1v) is 9.55. The summed E-state index contributed by atoms with van der Waals surface area (Å²) in [6, 6.07) is -0.0305. The molecule has 0 aromatic heterocycles. The van der Waals surface area contributed by atoms with E-state index in [0.29, 0.717) is 32.7 Å². The van der Waals surface area contributed by atoms with Crippen LogP contribution in [-0.4, -0.2) is 54.5 Å². The van der Waals surface area contributed by atoms with Gasteiger partial charge in [0.2, 0.25) is 5.91 Å². The molecule has 5 heteroatoms. The second-order valence-corrected chi connectivity index (χ2v) is 7.77. The number of nitrogens with zero attached hydrogens (tertiary/aromatic N) is 2. The molecule has 140 valence electrons. The summed E-state index contributed by atoms with van der Waals surface area (Å²) < 4.78 is 0. The number of amides is 3. The van der Waals surface area contributed by atoms with Crippen LogP contribution >= 0.6 is 0 Å². The van der Waals surface area contributed by atoms with Gasteiger partial charge in [-0.15, -0.1) is 0 Å². The van der Waals surface area contributed by atoms with E-state index in [0.717, 1.165) is 12.8 Å². The quantitative estimate of drug-likeness (QED) is 0.796. The lowest BCUT2D eigenvalue weighted by Gasteiger charge is -2.33. The van der Waals surface area contributed by atoms with Gasteiger partial charge in [0.05, 0.1) is 0 Å². The van der Waals surface area contributed by atoms with Gasteiger partial charge in [-0.05, 0) is 50.5 Å². The van der Waals surface area contributed by atoms with E-state index in [-0.39, 0.29) is 17.4 Å². The van der Waals surface area contributed by atoms with Crippen molar-refractivity contribution in [1.82, 2.24) is 15.1 Å². The van der Waals surface area contributed by atoms with Gasteiger partial charge in [-0.3, -0.25) is 4.79 Å². The second kappa shape index (κ2) is 8.54. The zero-order chi connectivity index (χ0) is 18.4. The zero-order valence-corrected chi connectivity index (χ0v) is 16.2. The lowest BCUT2D eigenvalue weighted by atomic mass is 9.72. The van der Waals surface area contributed by atoms with Crippen molar-refractivity contribution >= 4 is 11.9 Å². The molecule has 2 aliphatic rings. The third-order valence-corrected chi connectivity index (χ3v) is 5.36. The first kappa shape index (κ1) is 19.5. The van der Waals surface area contributed by atoms with Gasteiger partial charge in [-0.1, -0.05) is 25.5 Å². The van der Waals surface area contributed by atoms with E-state index in [9.17, 15) is 9.59 Å². The molecule has 1 aliphatic carbocycles. The van der Waals surface area contributed by atoms with Crippen LogP contribution in [0.1, 0.15) is 53.4 Å². The van der Waals surface area contributed by atoms with Crippen LogP contribution < -0.4 is 5.32 Å². The van der Waals surface area contributed by atoms with E-state index < -0.39 is 0 Å². The third-order valence-electron chi connectivity index (χ3n) is 5.36. The molecule has 3 amide bonds. The van der Waals surface area contributed by atoms with Gasteiger partial charge in [0.1, 0.15) is 0 Å². The molecule has 0 aromatic rings. The van der Waals surface area contributed by atoms with Crippen LogP contribution in [0.25, 0.3) is 0 Å². The zero-order valence-electron chi connectivity index (χ0n) is 16.2. The van der Waals surface area contributed by atoms with Crippen molar-refractivity contribution in [3.63, 3.8) is 0 Å². The topological polar surface area (TPSA) is 52.7 Å². The summed E-state index contributed by atoms with van der Waals surface area (Å²) in [4.78, 5) is 28.2. The van der Waals surface area contributed by atoms with Crippen LogP contribution in [0, 0.1) is 5.41 Å². The summed E-state index contributed by atoms with van der Waals surface area (Å²) in [5.41, 5.74) is 2.86. The van der Waals surface area contributed by atoms with Gasteiger partial charge in [0.25, 0.3) is 0 Å². The fourth-order valence-electron chi connectivity index (χ4n) is 3.87.